The SMILES string of the molecule is CCn1ncc(CNC(=O)CSc2nc(-c3ccc(OC)c(OC)c3)cc(C(F)(F)F)n2)c1C. The maximum atomic E-state index is 13.5. The second-order valence-electron chi connectivity index (χ2n) is 7.12. The minimum absolute atomic E-state index is 0.0498. The molecule has 12 heteroatoms. The van der Waals surface area contributed by atoms with E-state index in [-0.39, 0.29) is 29.1 Å². The van der Waals surface area contributed by atoms with Crippen LogP contribution in [0.5, 0.6) is 11.5 Å². The molecule has 0 spiro atoms. The van der Waals surface area contributed by atoms with Crippen LogP contribution in [0.4, 0.5) is 13.2 Å². The lowest BCUT2D eigenvalue weighted by atomic mass is 10.1. The zero-order chi connectivity index (χ0) is 24.9. The molecule has 0 atom stereocenters. The monoisotopic (exact) mass is 495 g/mol. The minimum Gasteiger partial charge on any atom is -0.493 e. The van der Waals surface area contributed by atoms with Crippen LogP contribution in [-0.4, -0.2) is 45.6 Å². The van der Waals surface area contributed by atoms with E-state index in [0.29, 0.717) is 23.6 Å². The number of halogens is 3. The molecular formula is C22H24F3N5O3S. The number of rotatable bonds is 9. The molecule has 0 unspecified atom stereocenters. The summed E-state index contributed by atoms with van der Waals surface area (Å²) < 4.78 is 52.6. The Morgan fingerprint density at radius 2 is 1.88 bits per heavy atom. The van der Waals surface area contributed by atoms with Gasteiger partial charge in [-0.3, -0.25) is 9.48 Å². The van der Waals surface area contributed by atoms with Crippen LogP contribution >= 0.6 is 11.8 Å². The van der Waals surface area contributed by atoms with Crippen LogP contribution in [-0.2, 0) is 24.1 Å². The minimum atomic E-state index is -4.68. The Hall–Kier alpha value is -3.28. The average Bonchev–Trinajstić information content (AvgIpc) is 3.19. The zero-order valence-corrected chi connectivity index (χ0v) is 19.9. The third-order valence-corrected chi connectivity index (χ3v) is 5.84. The van der Waals surface area contributed by atoms with Crippen molar-refractivity contribution in [3.8, 4) is 22.8 Å². The number of methoxy groups -OCH3 is 2. The summed E-state index contributed by atoms with van der Waals surface area (Å²) in [4.78, 5) is 20.1. The Morgan fingerprint density at radius 1 is 1.15 bits per heavy atom. The molecule has 0 aliphatic heterocycles. The lowest BCUT2D eigenvalue weighted by Crippen LogP contribution is -2.25. The lowest BCUT2D eigenvalue weighted by Gasteiger charge is -2.12. The van der Waals surface area contributed by atoms with Gasteiger partial charge in [-0.25, -0.2) is 9.97 Å². The predicted octanol–water partition coefficient (Wildman–Crippen LogP) is 4.11. The van der Waals surface area contributed by atoms with Gasteiger partial charge in [0.2, 0.25) is 5.91 Å². The fourth-order valence-corrected chi connectivity index (χ4v) is 3.82. The first kappa shape index (κ1) is 25.3. The fourth-order valence-electron chi connectivity index (χ4n) is 3.13. The van der Waals surface area contributed by atoms with Crippen molar-refractivity contribution in [3.63, 3.8) is 0 Å². The molecule has 1 aromatic carbocycles. The van der Waals surface area contributed by atoms with Gasteiger partial charge in [-0.1, -0.05) is 11.8 Å². The number of alkyl halides is 3. The summed E-state index contributed by atoms with van der Waals surface area (Å²) >= 11 is 0.823. The highest BCUT2D eigenvalue weighted by molar-refractivity contribution is 7.99. The van der Waals surface area contributed by atoms with Crippen LogP contribution in [0.1, 0.15) is 23.9 Å². The van der Waals surface area contributed by atoms with Gasteiger partial charge in [-0.15, -0.1) is 0 Å². The van der Waals surface area contributed by atoms with Crippen molar-refractivity contribution in [1.29, 1.82) is 0 Å². The number of nitrogens with zero attached hydrogens (tertiary/aromatic N) is 4. The second-order valence-corrected chi connectivity index (χ2v) is 8.07. The molecule has 2 aromatic heterocycles. The molecule has 1 N–H and O–H groups in total. The number of amides is 1. The number of nitrogens with one attached hydrogen (secondary N) is 1. The zero-order valence-electron chi connectivity index (χ0n) is 19.1. The van der Waals surface area contributed by atoms with E-state index < -0.39 is 11.9 Å². The van der Waals surface area contributed by atoms with E-state index in [1.807, 2.05) is 18.5 Å². The van der Waals surface area contributed by atoms with E-state index in [4.69, 9.17) is 9.47 Å². The van der Waals surface area contributed by atoms with Gasteiger partial charge >= 0.3 is 6.18 Å². The van der Waals surface area contributed by atoms with Gasteiger partial charge < -0.3 is 14.8 Å². The van der Waals surface area contributed by atoms with Gasteiger partial charge in [0, 0.05) is 29.9 Å². The summed E-state index contributed by atoms with van der Waals surface area (Å²) in [5.74, 6) is 0.278. The van der Waals surface area contributed by atoms with Gasteiger partial charge in [0.25, 0.3) is 0 Å². The van der Waals surface area contributed by atoms with Gasteiger partial charge in [-0.2, -0.15) is 18.3 Å². The van der Waals surface area contributed by atoms with Crippen LogP contribution in [0.3, 0.4) is 0 Å². The summed E-state index contributed by atoms with van der Waals surface area (Å²) in [6.45, 7) is 4.85. The first-order chi connectivity index (χ1) is 16.2. The third kappa shape index (κ3) is 5.99. The van der Waals surface area contributed by atoms with Crippen LogP contribution in [0.25, 0.3) is 11.3 Å². The van der Waals surface area contributed by atoms with Crippen molar-refractivity contribution in [1.82, 2.24) is 25.1 Å². The van der Waals surface area contributed by atoms with Crippen molar-refractivity contribution < 1.29 is 27.4 Å². The van der Waals surface area contributed by atoms with Crippen molar-refractivity contribution in [2.24, 2.45) is 0 Å². The first-order valence-corrected chi connectivity index (χ1v) is 11.2. The number of aryl methyl sites for hydroxylation is 1. The lowest BCUT2D eigenvalue weighted by molar-refractivity contribution is -0.141. The van der Waals surface area contributed by atoms with E-state index in [9.17, 15) is 18.0 Å². The molecule has 3 rings (SSSR count). The number of carbonyl (C=O) groups excluding carboxylic acids is 1. The molecule has 0 saturated heterocycles. The predicted molar refractivity (Wildman–Crippen MR) is 121 cm³/mol. The number of benzene rings is 1. The molecular weight excluding hydrogens is 471 g/mol. The Labute approximate surface area is 198 Å². The molecule has 0 saturated carbocycles. The van der Waals surface area contributed by atoms with Crippen molar-refractivity contribution in [3.05, 3.63) is 47.4 Å². The first-order valence-electron chi connectivity index (χ1n) is 10.3. The number of carbonyl (C=O) groups is 1. The highest BCUT2D eigenvalue weighted by Gasteiger charge is 2.34. The van der Waals surface area contributed by atoms with Gasteiger partial charge in [0.05, 0.1) is 31.9 Å². The van der Waals surface area contributed by atoms with Crippen LogP contribution in [0.15, 0.2) is 35.6 Å². The molecule has 0 fully saturated rings. The highest BCUT2D eigenvalue weighted by Crippen LogP contribution is 2.35. The van der Waals surface area contributed by atoms with E-state index >= 15 is 0 Å². The molecule has 1 amide bonds. The maximum Gasteiger partial charge on any atom is 0.433 e. The van der Waals surface area contributed by atoms with Crippen molar-refractivity contribution in [2.45, 2.75) is 38.3 Å². The van der Waals surface area contributed by atoms with Gasteiger partial charge in [-0.05, 0) is 38.1 Å². The maximum absolute atomic E-state index is 13.5. The smallest absolute Gasteiger partial charge is 0.433 e. The number of hydrogen-bond acceptors (Lipinski definition) is 7. The molecule has 2 heterocycles. The Kier molecular flexibility index (Phi) is 8.02. The Balaban J connectivity index is 1.77. The van der Waals surface area contributed by atoms with Crippen LogP contribution in [0, 0.1) is 6.92 Å². The standard InChI is InChI=1S/C22H24F3N5O3S/c1-5-30-13(2)15(11-27-30)10-26-20(31)12-34-21-28-16(9-19(29-21)22(23,24)25)14-6-7-17(32-3)18(8-14)33-4/h6-9,11H,5,10,12H2,1-4H3,(H,26,31). The number of hydrogen-bond donors (Lipinski definition) is 1. The Bertz CT molecular complexity index is 1170. The van der Waals surface area contributed by atoms with Crippen LogP contribution < -0.4 is 14.8 Å². The van der Waals surface area contributed by atoms with E-state index in [1.165, 1.54) is 20.3 Å². The molecule has 3 aromatic rings. The second kappa shape index (κ2) is 10.8. The molecule has 0 radical (unpaired) electrons. The Morgan fingerprint density at radius 3 is 2.50 bits per heavy atom. The number of aromatic nitrogens is 4. The van der Waals surface area contributed by atoms with Gasteiger partial charge in [0.1, 0.15) is 5.69 Å². The number of ether oxygens (including phenoxy) is 2. The summed E-state index contributed by atoms with van der Waals surface area (Å²) in [6, 6.07) is 5.54. The topological polar surface area (TPSA) is 91.2 Å². The molecule has 0 aliphatic carbocycles. The number of thioether (sulfide) groups is 1. The summed E-state index contributed by atoms with van der Waals surface area (Å²) in [5.41, 5.74) is 1.15. The molecule has 8 nitrogen and oxygen atoms in total. The van der Waals surface area contributed by atoms with Crippen LogP contribution in [0.2, 0.25) is 0 Å². The van der Waals surface area contributed by atoms with Gasteiger partial charge in [0.15, 0.2) is 16.7 Å². The average molecular weight is 496 g/mol. The fraction of sp³-hybridized carbons (Fsp3) is 0.364. The molecule has 182 valence electrons. The van der Waals surface area contributed by atoms with E-state index in [2.05, 4.69) is 20.4 Å². The van der Waals surface area contributed by atoms with E-state index in [0.717, 1.165) is 29.1 Å². The third-order valence-electron chi connectivity index (χ3n) is 4.99. The summed E-state index contributed by atoms with van der Waals surface area (Å²) in [5, 5.41) is 6.80. The highest BCUT2D eigenvalue weighted by atomic mass is 32.2. The quantitative estimate of drug-likeness (QED) is 0.353. The normalized spacial score (nSPS) is 11.4. The van der Waals surface area contributed by atoms with Crippen molar-refractivity contribution >= 4 is 17.7 Å². The summed E-state index contributed by atoms with van der Waals surface area (Å²) in [7, 11) is 2.89. The largest absolute Gasteiger partial charge is 0.493 e. The molecule has 34 heavy (non-hydrogen) atoms. The summed E-state index contributed by atoms with van der Waals surface area (Å²) in [6.07, 6.45) is -3.00. The molecule has 0 aliphatic rings. The molecule has 0 bridgehead atoms. The van der Waals surface area contributed by atoms with Crippen molar-refractivity contribution in [2.75, 3.05) is 20.0 Å². The van der Waals surface area contributed by atoms with E-state index in [1.54, 1.807) is 18.3 Å².